The Morgan fingerprint density at radius 2 is 2.00 bits per heavy atom. The number of thioether (sulfide) groups is 1. The van der Waals surface area contributed by atoms with Gasteiger partial charge >= 0.3 is 0 Å². The minimum absolute atomic E-state index is 0.0781. The Balaban J connectivity index is 1.64. The Hall–Kier alpha value is -4.05. The molecule has 3 aromatic rings. The molecule has 0 N–H and O–H groups in total. The van der Waals surface area contributed by atoms with Crippen LogP contribution in [-0.2, 0) is 11.3 Å². The molecule has 1 aromatic heterocycles. The second-order valence-electron chi connectivity index (χ2n) is 6.58. The molecule has 1 aliphatic heterocycles. The van der Waals surface area contributed by atoms with Crippen LogP contribution in [0.1, 0.15) is 16.9 Å². The van der Waals surface area contributed by atoms with E-state index in [4.69, 9.17) is 4.42 Å². The summed E-state index contributed by atoms with van der Waals surface area (Å²) in [6.45, 7) is 0.124. The summed E-state index contributed by atoms with van der Waals surface area (Å²) in [6.07, 6.45) is 4.31. The number of hydrogen-bond acceptors (Lipinski definition) is 7. The highest BCUT2D eigenvalue weighted by molar-refractivity contribution is 8.18. The fourth-order valence-corrected chi connectivity index (χ4v) is 3.81. The summed E-state index contributed by atoms with van der Waals surface area (Å²) in [6, 6.07) is 15.5. The fourth-order valence-electron chi connectivity index (χ4n) is 2.88. The molecular weight excluding hydrogens is 435 g/mol. The topological polar surface area (TPSA) is 101 Å². The second kappa shape index (κ2) is 9.40. The summed E-state index contributed by atoms with van der Waals surface area (Å²) in [5, 5.41) is 19.3. The maximum Gasteiger partial charge on any atom is 0.270 e. The van der Waals surface area contributed by atoms with Crippen LogP contribution in [0.3, 0.4) is 0 Å². The van der Waals surface area contributed by atoms with Crippen LogP contribution in [-0.4, -0.2) is 27.1 Å². The van der Waals surface area contributed by atoms with Crippen LogP contribution in [0, 0.1) is 15.9 Å². The molecule has 0 atom stereocenters. The van der Waals surface area contributed by atoms with E-state index in [-0.39, 0.29) is 28.9 Å². The lowest BCUT2D eigenvalue weighted by Gasteiger charge is -2.12. The summed E-state index contributed by atoms with van der Waals surface area (Å²) in [4.78, 5) is 25.2. The van der Waals surface area contributed by atoms with Crippen molar-refractivity contribution >= 4 is 40.8 Å². The standard InChI is InChI=1S/C22H15FN4O4S/c23-19-9-2-1-6-16(19)13-24-25-22-26(14-18-8-4-10-31-18)21(28)20(32-22)12-15-5-3-7-17(11-15)27(29)30/h1-13H,14H2/b20-12-,24-13+,25-22-. The number of furan rings is 1. The number of amidine groups is 1. The Bertz CT molecular complexity index is 1250. The van der Waals surface area contributed by atoms with E-state index in [9.17, 15) is 19.3 Å². The minimum Gasteiger partial charge on any atom is -0.467 e. The highest BCUT2D eigenvalue weighted by atomic mass is 32.2. The normalized spacial score (nSPS) is 16.5. The number of amides is 1. The third kappa shape index (κ3) is 4.81. The average molecular weight is 450 g/mol. The van der Waals surface area contributed by atoms with E-state index in [1.807, 2.05) is 0 Å². The van der Waals surface area contributed by atoms with Gasteiger partial charge in [0.05, 0.1) is 28.9 Å². The largest absolute Gasteiger partial charge is 0.467 e. The molecule has 0 aliphatic carbocycles. The quantitative estimate of drug-likeness (QED) is 0.232. The first-order valence-electron chi connectivity index (χ1n) is 9.35. The molecule has 0 radical (unpaired) electrons. The van der Waals surface area contributed by atoms with E-state index >= 15 is 0 Å². The van der Waals surface area contributed by atoms with Gasteiger partial charge < -0.3 is 4.42 Å². The molecule has 2 aromatic carbocycles. The lowest BCUT2D eigenvalue weighted by Crippen LogP contribution is -2.28. The van der Waals surface area contributed by atoms with Gasteiger partial charge in [0.25, 0.3) is 11.6 Å². The van der Waals surface area contributed by atoms with Crippen molar-refractivity contribution in [2.75, 3.05) is 0 Å². The highest BCUT2D eigenvalue weighted by Crippen LogP contribution is 2.34. The van der Waals surface area contributed by atoms with Gasteiger partial charge in [-0.25, -0.2) is 4.39 Å². The number of non-ortho nitro benzene ring substituents is 1. The Kier molecular flexibility index (Phi) is 6.22. The molecule has 8 nitrogen and oxygen atoms in total. The molecule has 0 unspecified atom stereocenters. The van der Waals surface area contributed by atoms with Crippen LogP contribution in [0.5, 0.6) is 0 Å². The first kappa shape index (κ1) is 21.2. The fraction of sp³-hybridized carbons (Fsp3) is 0.0455. The van der Waals surface area contributed by atoms with Gasteiger partial charge in [-0.15, -0.1) is 5.10 Å². The molecule has 0 saturated carbocycles. The smallest absolute Gasteiger partial charge is 0.270 e. The van der Waals surface area contributed by atoms with Crippen LogP contribution in [0.4, 0.5) is 10.1 Å². The molecular formula is C22H15FN4O4S. The molecule has 1 saturated heterocycles. The number of hydrogen-bond donors (Lipinski definition) is 0. The molecule has 160 valence electrons. The summed E-state index contributed by atoms with van der Waals surface area (Å²) in [5.74, 6) is -0.246. The zero-order valence-electron chi connectivity index (χ0n) is 16.4. The molecule has 1 fully saturated rings. The van der Waals surface area contributed by atoms with Gasteiger partial charge in [-0.1, -0.05) is 30.3 Å². The van der Waals surface area contributed by atoms with Crippen molar-refractivity contribution in [1.82, 2.24) is 4.90 Å². The van der Waals surface area contributed by atoms with Crippen LogP contribution in [0.15, 0.2) is 86.5 Å². The monoisotopic (exact) mass is 450 g/mol. The van der Waals surface area contributed by atoms with Gasteiger partial charge in [0.15, 0.2) is 5.17 Å². The van der Waals surface area contributed by atoms with Crippen molar-refractivity contribution < 1.29 is 18.5 Å². The van der Waals surface area contributed by atoms with Crippen molar-refractivity contribution in [1.29, 1.82) is 0 Å². The molecule has 1 amide bonds. The first-order valence-corrected chi connectivity index (χ1v) is 10.2. The Morgan fingerprint density at radius 1 is 1.16 bits per heavy atom. The average Bonchev–Trinajstić information content (AvgIpc) is 3.40. The van der Waals surface area contributed by atoms with E-state index < -0.39 is 10.7 Å². The third-order valence-electron chi connectivity index (χ3n) is 4.41. The zero-order chi connectivity index (χ0) is 22.5. The van der Waals surface area contributed by atoms with Gasteiger partial charge in [0, 0.05) is 17.7 Å². The summed E-state index contributed by atoms with van der Waals surface area (Å²) >= 11 is 1.07. The van der Waals surface area contributed by atoms with E-state index in [0.717, 1.165) is 11.8 Å². The SMILES string of the molecule is O=C1/C(=C/c2cccc([N+](=O)[O-])c2)S/C(=N\N=C\c2ccccc2F)N1Cc1ccco1. The van der Waals surface area contributed by atoms with Gasteiger partial charge in [-0.2, -0.15) is 5.10 Å². The van der Waals surface area contributed by atoms with Crippen molar-refractivity contribution in [3.05, 3.63) is 105 Å². The lowest BCUT2D eigenvalue weighted by molar-refractivity contribution is -0.384. The first-order chi connectivity index (χ1) is 15.5. The van der Waals surface area contributed by atoms with E-state index in [2.05, 4.69) is 10.2 Å². The lowest BCUT2D eigenvalue weighted by atomic mass is 10.2. The Morgan fingerprint density at radius 3 is 2.75 bits per heavy atom. The number of halogens is 1. The minimum atomic E-state index is -0.501. The van der Waals surface area contributed by atoms with Crippen LogP contribution in [0.2, 0.25) is 0 Å². The van der Waals surface area contributed by atoms with Crippen molar-refractivity contribution in [3.8, 4) is 0 Å². The zero-order valence-corrected chi connectivity index (χ0v) is 17.2. The predicted octanol–water partition coefficient (Wildman–Crippen LogP) is 4.83. The summed E-state index contributed by atoms with van der Waals surface area (Å²) < 4.78 is 19.1. The van der Waals surface area contributed by atoms with Crippen molar-refractivity contribution in [3.63, 3.8) is 0 Å². The maximum atomic E-state index is 13.8. The number of carbonyl (C=O) groups is 1. The molecule has 2 heterocycles. The van der Waals surface area contributed by atoms with Crippen molar-refractivity contribution in [2.24, 2.45) is 10.2 Å². The molecule has 4 rings (SSSR count). The Labute approximate surface area is 185 Å². The molecule has 1 aliphatic rings. The van der Waals surface area contributed by atoms with Gasteiger partial charge in [0.1, 0.15) is 11.6 Å². The predicted molar refractivity (Wildman–Crippen MR) is 119 cm³/mol. The number of benzene rings is 2. The molecule has 0 bridgehead atoms. The highest BCUT2D eigenvalue weighted by Gasteiger charge is 2.34. The van der Waals surface area contributed by atoms with E-state index in [0.29, 0.717) is 16.2 Å². The van der Waals surface area contributed by atoms with Crippen LogP contribution in [0.25, 0.3) is 6.08 Å². The van der Waals surface area contributed by atoms with Crippen LogP contribution >= 0.6 is 11.8 Å². The number of rotatable bonds is 6. The van der Waals surface area contributed by atoms with E-state index in [1.165, 1.54) is 35.6 Å². The van der Waals surface area contributed by atoms with Crippen molar-refractivity contribution in [2.45, 2.75) is 6.54 Å². The van der Waals surface area contributed by atoms with Gasteiger partial charge in [-0.3, -0.25) is 19.8 Å². The molecule has 10 heteroatoms. The second-order valence-corrected chi connectivity index (χ2v) is 7.59. The number of carbonyl (C=O) groups excluding carboxylic acids is 1. The third-order valence-corrected chi connectivity index (χ3v) is 5.40. The number of nitro benzene ring substituents is 1. The maximum absolute atomic E-state index is 13.8. The van der Waals surface area contributed by atoms with Gasteiger partial charge in [-0.05, 0) is 41.6 Å². The summed E-state index contributed by atoms with van der Waals surface area (Å²) in [5.41, 5.74) is 0.686. The summed E-state index contributed by atoms with van der Waals surface area (Å²) in [7, 11) is 0. The number of nitro groups is 1. The molecule has 32 heavy (non-hydrogen) atoms. The van der Waals surface area contributed by atoms with Gasteiger partial charge in [0.2, 0.25) is 0 Å². The van der Waals surface area contributed by atoms with Crippen LogP contribution < -0.4 is 0 Å². The van der Waals surface area contributed by atoms with E-state index in [1.54, 1.807) is 48.5 Å². The molecule has 0 spiro atoms. The number of nitrogens with zero attached hydrogens (tertiary/aromatic N) is 4.